The maximum Gasteiger partial charge on any atom is 0.328 e. The Bertz CT molecular complexity index is 402. The third kappa shape index (κ3) is 3.73. The van der Waals surface area contributed by atoms with Crippen molar-refractivity contribution in [2.45, 2.75) is 13.3 Å². The first-order chi connectivity index (χ1) is 7.63. The van der Waals surface area contributed by atoms with Crippen molar-refractivity contribution in [1.82, 2.24) is 0 Å². The second kappa shape index (κ2) is 5.90. The zero-order valence-electron chi connectivity index (χ0n) is 9.03. The summed E-state index contributed by atoms with van der Waals surface area (Å²) < 4.78 is 13.0. The number of hydrogen-bond acceptors (Lipinski definition) is 2. The van der Waals surface area contributed by atoms with Gasteiger partial charge in [0.1, 0.15) is 5.82 Å². The molecule has 0 saturated carbocycles. The van der Waals surface area contributed by atoms with E-state index in [1.165, 1.54) is 18.2 Å². The van der Waals surface area contributed by atoms with E-state index in [1.807, 2.05) is 6.92 Å². The quantitative estimate of drug-likeness (QED) is 0.754. The van der Waals surface area contributed by atoms with Crippen LogP contribution >= 0.6 is 0 Å². The standard InChI is InChI=1S/C12H14FNO2/c1-2-7-14-11-8-10(13)5-3-9(11)4-6-12(15)16/h3-6,8,14H,2,7H2,1H3,(H,15,16). The lowest BCUT2D eigenvalue weighted by Gasteiger charge is -2.08. The molecule has 16 heavy (non-hydrogen) atoms. The predicted octanol–water partition coefficient (Wildman–Crippen LogP) is 2.75. The van der Waals surface area contributed by atoms with Crippen LogP contribution in [0.15, 0.2) is 24.3 Å². The van der Waals surface area contributed by atoms with Crippen LogP contribution in [0.2, 0.25) is 0 Å². The van der Waals surface area contributed by atoms with Crippen molar-refractivity contribution >= 4 is 17.7 Å². The minimum Gasteiger partial charge on any atom is -0.478 e. The van der Waals surface area contributed by atoms with Crippen LogP contribution in [0.3, 0.4) is 0 Å². The second-order valence-electron chi connectivity index (χ2n) is 3.33. The normalized spacial score (nSPS) is 10.6. The maximum absolute atomic E-state index is 13.0. The van der Waals surface area contributed by atoms with Gasteiger partial charge in [0.25, 0.3) is 0 Å². The molecule has 0 atom stereocenters. The molecule has 0 aliphatic carbocycles. The molecule has 86 valence electrons. The van der Waals surface area contributed by atoms with E-state index >= 15 is 0 Å². The zero-order valence-corrected chi connectivity index (χ0v) is 9.03. The van der Waals surface area contributed by atoms with E-state index in [0.717, 1.165) is 19.0 Å². The van der Waals surface area contributed by atoms with Crippen LogP contribution in [0, 0.1) is 5.82 Å². The summed E-state index contributed by atoms with van der Waals surface area (Å²) >= 11 is 0. The molecule has 3 nitrogen and oxygen atoms in total. The van der Waals surface area contributed by atoms with E-state index in [-0.39, 0.29) is 5.82 Å². The average molecular weight is 223 g/mol. The van der Waals surface area contributed by atoms with Gasteiger partial charge in [-0.2, -0.15) is 0 Å². The fourth-order valence-corrected chi connectivity index (χ4v) is 1.25. The van der Waals surface area contributed by atoms with Gasteiger partial charge < -0.3 is 10.4 Å². The first kappa shape index (κ1) is 12.2. The highest BCUT2D eigenvalue weighted by molar-refractivity contribution is 5.86. The highest BCUT2D eigenvalue weighted by Gasteiger charge is 2.01. The summed E-state index contributed by atoms with van der Waals surface area (Å²) in [6, 6.07) is 4.21. The number of benzene rings is 1. The lowest BCUT2D eigenvalue weighted by atomic mass is 10.1. The summed E-state index contributed by atoms with van der Waals surface area (Å²) in [6.45, 7) is 2.72. The summed E-state index contributed by atoms with van der Waals surface area (Å²) in [7, 11) is 0. The van der Waals surface area contributed by atoms with Gasteiger partial charge in [0.2, 0.25) is 0 Å². The number of carboxylic acids is 1. The number of aliphatic carboxylic acids is 1. The summed E-state index contributed by atoms with van der Waals surface area (Å²) in [5.41, 5.74) is 1.27. The van der Waals surface area contributed by atoms with Crippen molar-refractivity contribution < 1.29 is 14.3 Å². The molecule has 0 aliphatic heterocycles. The van der Waals surface area contributed by atoms with Gasteiger partial charge in [-0.25, -0.2) is 9.18 Å². The van der Waals surface area contributed by atoms with Crippen molar-refractivity contribution in [1.29, 1.82) is 0 Å². The molecule has 0 heterocycles. The summed E-state index contributed by atoms with van der Waals surface area (Å²) in [6.07, 6.45) is 3.39. The maximum atomic E-state index is 13.0. The van der Waals surface area contributed by atoms with Crippen LogP contribution < -0.4 is 5.32 Å². The van der Waals surface area contributed by atoms with Crippen LogP contribution in [0.5, 0.6) is 0 Å². The zero-order chi connectivity index (χ0) is 12.0. The Kier molecular flexibility index (Phi) is 4.51. The molecule has 2 N–H and O–H groups in total. The van der Waals surface area contributed by atoms with E-state index in [1.54, 1.807) is 6.07 Å². The molecule has 0 bridgehead atoms. The van der Waals surface area contributed by atoms with Crippen LogP contribution in [-0.4, -0.2) is 17.6 Å². The summed E-state index contributed by atoms with van der Waals surface area (Å²) in [4.78, 5) is 10.4. The van der Waals surface area contributed by atoms with Gasteiger partial charge in [0, 0.05) is 18.3 Å². The van der Waals surface area contributed by atoms with E-state index in [2.05, 4.69) is 5.32 Å². The van der Waals surface area contributed by atoms with Gasteiger partial charge in [-0.1, -0.05) is 6.92 Å². The van der Waals surface area contributed by atoms with Crippen molar-refractivity contribution in [2.24, 2.45) is 0 Å². The average Bonchev–Trinajstić information content (AvgIpc) is 2.24. The number of carboxylic acid groups (broad SMARTS) is 1. The molecule has 0 saturated heterocycles. The lowest BCUT2D eigenvalue weighted by molar-refractivity contribution is -0.131. The molecule has 1 aromatic carbocycles. The monoisotopic (exact) mass is 223 g/mol. The molecule has 0 aromatic heterocycles. The number of nitrogens with one attached hydrogen (secondary N) is 1. The molecule has 4 heteroatoms. The number of hydrogen-bond donors (Lipinski definition) is 2. The smallest absolute Gasteiger partial charge is 0.328 e. The third-order valence-electron chi connectivity index (χ3n) is 1.99. The Balaban J connectivity index is 2.92. The Labute approximate surface area is 93.6 Å². The third-order valence-corrected chi connectivity index (χ3v) is 1.99. The van der Waals surface area contributed by atoms with Gasteiger partial charge in [-0.05, 0) is 36.3 Å². The minimum absolute atomic E-state index is 0.342. The summed E-state index contributed by atoms with van der Waals surface area (Å²) in [5, 5.41) is 11.6. The molecule has 0 amide bonds. The van der Waals surface area contributed by atoms with E-state index in [0.29, 0.717) is 11.3 Å². The van der Waals surface area contributed by atoms with Gasteiger partial charge in [0.05, 0.1) is 0 Å². The second-order valence-corrected chi connectivity index (χ2v) is 3.33. The highest BCUT2D eigenvalue weighted by atomic mass is 19.1. The topological polar surface area (TPSA) is 49.3 Å². The SMILES string of the molecule is CCCNc1cc(F)ccc1C=CC(=O)O. The number of rotatable bonds is 5. The Morgan fingerprint density at radius 3 is 2.94 bits per heavy atom. The van der Waals surface area contributed by atoms with Gasteiger partial charge >= 0.3 is 5.97 Å². The van der Waals surface area contributed by atoms with E-state index in [4.69, 9.17) is 5.11 Å². The molecular weight excluding hydrogens is 209 g/mol. The van der Waals surface area contributed by atoms with Crippen LogP contribution in [0.25, 0.3) is 6.08 Å². The van der Waals surface area contributed by atoms with Crippen molar-refractivity contribution in [2.75, 3.05) is 11.9 Å². The molecule has 1 aromatic rings. The largest absolute Gasteiger partial charge is 0.478 e. The first-order valence-corrected chi connectivity index (χ1v) is 5.08. The molecule has 0 radical (unpaired) electrons. The number of carbonyl (C=O) groups is 1. The molecule has 0 aliphatic rings. The van der Waals surface area contributed by atoms with E-state index < -0.39 is 5.97 Å². The molecule has 0 unspecified atom stereocenters. The van der Waals surface area contributed by atoms with Crippen LogP contribution in [0.4, 0.5) is 10.1 Å². The van der Waals surface area contributed by atoms with Crippen molar-refractivity contribution in [3.8, 4) is 0 Å². The molecule has 0 fully saturated rings. The minimum atomic E-state index is -1.02. The van der Waals surface area contributed by atoms with E-state index in [9.17, 15) is 9.18 Å². The van der Waals surface area contributed by atoms with Crippen molar-refractivity contribution in [3.05, 3.63) is 35.7 Å². The molecular formula is C12H14FNO2. The fraction of sp³-hybridized carbons (Fsp3) is 0.250. The Morgan fingerprint density at radius 1 is 1.56 bits per heavy atom. The summed E-state index contributed by atoms with van der Waals surface area (Å²) in [5.74, 6) is -1.36. The van der Waals surface area contributed by atoms with Gasteiger partial charge in [0.15, 0.2) is 0 Å². The first-order valence-electron chi connectivity index (χ1n) is 5.08. The van der Waals surface area contributed by atoms with Gasteiger partial charge in [-0.15, -0.1) is 0 Å². The number of anilines is 1. The molecule has 1 rings (SSSR count). The lowest BCUT2D eigenvalue weighted by Crippen LogP contribution is -2.02. The Morgan fingerprint density at radius 2 is 2.31 bits per heavy atom. The highest BCUT2D eigenvalue weighted by Crippen LogP contribution is 2.18. The molecule has 0 spiro atoms. The van der Waals surface area contributed by atoms with Crippen molar-refractivity contribution in [3.63, 3.8) is 0 Å². The van der Waals surface area contributed by atoms with Crippen LogP contribution in [-0.2, 0) is 4.79 Å². The predicted molar refractivity (Wildman–Crippen MR) is 61.9 cm³/mol. The number of halogens is 1. The van der Waals surface area contributed by atoms with Crippen LogP contribution in [0.1, 0.15) is 18.9 Å². The Hall–Kier alpha value is -1.84. The fourth-order valence-electron chi connectivity index (χ4n) is 1.25. The van der Waals surface area contributed by atoms with Gasteiger partial charge in [-0.3, -0.25) is 0 Å².